The van der Waals surface area contributed by atoms with Gasteiger partial charge in [0.25, 0.3) is 5.91 Å². The van der Waals surface area contributed by atoms with Crippen molar-refractivity contribution in [1.82, 2.24) is 0 Å². The van der Waals surface area contributed by atoms with Crippen molar-refractivity contribution >= 4 is 40.9 Å². The van der Waals surface area contributed by atoms with E-state index in [0.29, 0.717) is 34.4 Å². The highest BCUT2D eigenvalue weighted by Gasteiger charge is 2.13. The summed E-state index contributed by atoms with van der Waals surface area (Å²) in [6, 6.07) is 11.7. The largest absolute Gasteiger partial charge is 0.493 e. The van der Waals surface area contributed by atoms with Gasteiger partial charge in [-0.05, 0) is 48.4 Å². The number of amides is 1. The zero-order valence-corrected chi connectivity index (χ0v) is 16.4. The zero-order chi connectivity index (χ0) is 19.8. The van der Waals surface area contributed by atoms with Crippen molar-refractivity contribution in [2.24, 2.45) is 0 Å². The minimum Gasteiger partial charge on any atom is -0.493 e. The molecule has 2 aromatic carbocycles. The third kappa shape index (κ3) is 5.65. The Hall–Kier alpha value is -2.68. The van der Waals surface area contributed by atoms with Gasteiger partial charge in [0.05, 0.1) is 24.4 Å². The molecule has 0 aliphatic rings. The van der Waals surface area contributed by atoms with Crippen LogP contribution in [0.2, 0.25) is 10.0 Å². The Morgan fingerprint density at radius 2 is 2.00 bits per heavy atom. The topological polar surface area (TPSA) is 71.3 Å². The van der Waals surface area contributed by atoms with Gasteiger partial charge in [0.15, 0.2) is 11.5 Å². The molecule has 1 amide bonds. The number of nitriles is 1. The van der Waals surface area contributed by atoms with Gasteiger partial charge in [-0.1, -0.05) is 36.2 Å². The first-order valence-electron chi connectivity index (χ1n) is 8.17. The molecule has 0 aliphatic heterocycles. The van der Waals surface area contributed by atoms with E-state index >= 15 is 0 Å². The van der Waals surface area contributed by atoms with Crippen LogP contribution in [0.3, 0.4) is 0 Å². The summed E-state index contributed by atoms with van der Waals surface area (Å²) in [6.07, 6.45) is 2.31. The number of hydrogen-bond donors (Lipinski definition) is 1. The molecule has 27 heavy (non-hydrogen) atoms. The third-order valence-electron chi connectivity index (χ3n) is 3.50. The lowest BCUT2D eigenvalue weighted by Crippen LogP contribution is -2.13. The standard InChI is InChI=1S/C20H18Cl2N2O3/c1-3-8-27-19-10-13(4-7-18(19)26-2)9-14(12-23)20(25)24-17-6-5-15(21)11-16(17)22/h4-7,9-11H,3,8H2,1-2H3,(H,24,25)/b14-9+. The molecule has 5 nitrogen and oxygen atoms in total. The molecule has 140 valence electrons. The van der Waals surface area contributed by atoms with E-state index in [1.807, 2.05) is 13.0 Å². The number of halogens is 2. The van der Waals surface area contributed by atoms with Crippen LogP contribution in [0.1, 0.15) is 18.9 Å². The van der Waals surface area contributed by atoms with Crippen LogP contribution in [0.15, 0.2) is 42.0 Å². The number of carbonyl (C=O) groups excluding carboxylic acids is 1. The molecular formula is C20H18Cl2N2O3. The van der Waals surface area contributed by atoms with Crippen molar-refractivity contribution in [2.75, 3.05) is 19.0 Å². The average molecular weight is 405 g/mol. The van der Waals surface area contributed by atoms with E-state index in [1.54, 1.807) is 37.4 Å². The molecule has 0 heterocycles. The monoisotopic (exact) mass is 404 g/mol. The van der Waals surface area contributed by atoms with Crippen molar-refractivity contribution in [3.63, 3.8) is 0 Å². The highest BCUT2D eigenvalue weighted by Crippen LogP contribution is 2.29. The van der Waals surface area contributed by atoms with Crippen molar-refractivity contribution in [3.8, 4) is 17.6 Å². The molecule has 0 aliphatic carbocycles. The van der Waals surface area contributed by atoms with Crippen LogP contribution < -0.4 is 14.8 Å². The van der Waals surface area contributed by atoms with Gasteiger partial charge in [0.1, 0.15) is 11.6 Å². The molecule has 0 radical (unpaired) electrons. The number of carbonyl (C=O) groups is 1. The Labute approximate surface area is 168 Å². The molecule has 0 spiro atoms. The number of nitrogens with zero attached hydrogens (tertiary/aromatic N) is 1. The lowest BCUT2D eigenvalue weighted by atomic mass is 10.1. The Kier molecular flexibility index (Phi) is 7.54. The minimum atomic E-state index is -0.575. The van der Waals surface area contributed by atoms with Gasteiger partial charge in [0.2, 0.25) is 0 Å². The number of ether oxygens (including phenoxy) is 2. The SMILES string of the molecule is CCCOc1cc(/C=C(\C#N)C(=O)Nc2ccc(Cl)cc2Cl)ccc1OC. The molecule has 0 bridgehead atoms. The molecule has 0 unspecified atom stereocenters. The Bertz CT molecular complexity index is 905. The van der Waals surface area contributed by atoms with Crippen molar-refractivity contribution < 1.29 is 14.3 Å². The Morgan fingerprint density at radius 3 is 2.63 bits per heavy atom. The minimum absolute atomic E-state index is 0.0763. The van der Waals surface area contributed by atoms with E-state index in [2.05, 4.69) is 5.32 Å². The number of methoxy groups -OCH3 is 1. The van der Waals surface area contributed by atoms with Crippen LogP contribution in [-0.4, -0.2) is 19.6 Å². The summed E-state index contributed by atoms with van der Waals surface area (Å²) in [7, 11) is 1.55. The summed E-state index contributed by atoms with van der Waals surface area (Å²) in [5, 5.41) is 12.7. The summed E-state index contributed by atoms with van der Waals surface area (Å²) in [6.45, 7) is 2.53. The fourth-order valence-corrected chi connectivity index (χ4v) is 2.66. The molecule has 1 N–H and O–H groups in total. The van der Waals surface area contributed by atoms with Crippen LogP contribution in [0, 0.1) is 11.3 Å². The highest BCUT2D eigenvalue weighted by molar-refractivity contribution is 6.36. The van der Waals surface area contributed by atoms with Crippen LogP contribution >= 0.6 is 23.2 Å². The summed E-state index contributed by atoms with van der Waals surface area (Å²) in [5.74, 6) is 0.552. The molecule has 0 fully saturated rings. The molecule has 2 rings (SSSR count). The van der Waals surface area contributed by atoms with Gasteiger partial charge >= 0.3 is 0 Å². The molecule has 2 aromatic rings. The fraction of sp³-hybridized carbons (Fsp3) is 0.200. The van der Waals surface area contributed by atoms with E-state index in [9.17, 15) is 10.1 Å². The second kappa shape index (κ2) is 9.86. The predicted molar refractivity (Wildman–Crippen MR) is 107 cm³/mol. The summed E-state index contributed by atoms with van der Waals surface area (Å²) in [4.78, 5) is 12.4. The first-order chi connectivity index (χ1) is 13.0. The quantitative estimate of drug-likeness (QED) is 0.499. The highest BCUT2D eigenvalue weighted by atomic mass is 35.5. The predicted octanol–water partition coefficient (Wildman–Crippen LogP) is 5.34. The summed E-state index contributed by atoms with van der Waals surface area (Å²) in [5.41, 5.74) is 0.928. The van der Waals surface area contributed by atoms with Crippen LogP contribution in [0.4, 0.5) is 5.69 Å². The number of nitrogens with one attached hydrogen (secondary N) is 1. The van der Waals surface area contributed by atoms with Crippen LogP contribution in [0.25, 0.3) is 6.08 Å². The molecule has 0 atom stereocenters. The smallest absolute Gasteiger partial charge is 0.266 e. The molecular weight excluding hydrogens is 387 g/mol. The maximum absolute atomic E-state index is 12.4. The normalized spacial score (nSPS) is 10.9. The first-order valence-corrected chi connectivity index (χ1v) is 8.93. The summed E-state index contributed by atoms with van der Waals surface area (Å²) < 4.78 is 10.9. The zero-order valence-electron chi connectivity index (χ0n) is 14.9. The van der Waals surface area contributed by atoms with E-state index < -0.39 is 5.91 Å². The maximum Gasteiger partial charge on any atom is 0.266 e. The maximum atomic E-state index is 12.4. The van der Waals surface area contributed by atoms with Gasteiger partial charge in [0, 0.05) is 5.02 Å². The number of benzene rings is 2. The lowest BCUT2D eigenvalue weighted by Gasteiger charge is -2.11. The summed E-state index contributed by atoms with van der Waals surface area (Å²) >= 11 is 11.9. The van der Waals surface area contributed by atoms with Gasteiger partial charge in [-0.25, -0.2) is 0 Å². The van der Waals surface area contributed by atoms with Crippen LogP contribution in [-0.2, 0) is 4.79 Å². The fourth-order valence-electron chi connectivity index (χ4n) is 2.20. The van der Waals surface area contributed by atoms with E-state index in [-0.39, 0.29) is 10.6 Å². The molecule has 7 heteroatoms. The molecule has 0 saturated carbocycles. The second-order valence-electron chi connectivity index (χ2n) is 5.51. The van der Waals surface area contributed by atoms with Crippen molar-refractivity contribution in [2.45, 2.75) is 13.3 Å². The lowest BCUT2D eigenvalue weighted by molar-refractivity contribution is -0.112. The Balaban J connectivity index is 2.26. The Morgan fingerprint density at radius 1 is 1.22 bits per heavy atom. The first kappa shape index (κ1) is 20.6. The number of anilines is 1. The van der Waals surface area contributed by atoms with Crippen LogP contribution in [0.5, 0.6) is 11.5 Å². The van der Waals surface area contributed by atoms with Gasteiger partial charge < -0.3 is 14.8 Å². The number of rotatable bonds is 7. The van der Waals surface area contributed by atoms with Crippen molar-refractivity contribution in [3.05, 3.63) is 57.6 Å². The van der Waals surface area contributed by atoms with Gasteiger partial charge in [-0.3, -0.25) is 4.79 Å². The number of hydrogen-bond acceptors (Lipinski definition) is 4. The van der Waals surface area contributed by atoms with Gasteiger partial charge in [-0.2, -0.15) is 5.26 Å². The van der Waals surface area contributed by atoms with Gasteiger partial charge in [-0.15, -0.1) is 0 Å². The molecule has 0 aromatic heterocycles. The second-order valence-corrected chi connectivity index (χ2v) is 6.35. The molecule has 0 saturated heterocycles. The van der Waals surface area contributed by atoms with E-state index in [4.69, 9.17) is 32.7 Å². The van der Waals surface area contributed by atoms with Crippen molar-refractivity contribution in [1.29, 1.82) is 5.26 Å². The third-order valence-corrected chi connectivity index (χ3v) is 4.05. The van der Waals surface area contributed by atoms with E-state index in [1.165, 1.54) is 12.1 Å². The van der Waals surface area contributed by atoms with E-state index in [0.717, 1.165) is 6.42 Å². The average Bonchev–Trinajstić information content (AvgIpc) is 2.66.